The Morgan fingerprint density at radius 2 is 1.95 bits per heavy atom. The zero-order valence-corrected chi connectivity index (χ0v) is 12.6. The fraction of sp³-hybridized carbons (Fsp3) is 0.438. The lowest BCUT2D eigenvalue weighted by Gasteiger charge is -2.15. The highest BCUT2D eigenvalue weighted by Crippen LogP contribution is 2.11. The Morgan fingerprint density at radius 1 is 1.33 bits per heavy atom. The summed E-state index contributed by atoms with van der Waals surface area (Å²) >= 11 is 0. The van der Waals surface area contributed by atoms with Crippen LogP contribution in [0.25, 0.3) is 0 Å². The number of Topliss-reactive ketones (excluding diaryl/α,β-unsaturated/α-hetero) is 1. The first-order valence-electron chi connectivity index (χ1n) is 6.85. The molecule has 112 valence electrons. The van der Waals surface area contributed by atoms with Gasteiger partial charge in [-0.2, -0.15) is 5.26 Å². The van der Waals surface area contributed by atoms with Crippen molar-refractivity contribution >= 4 is 11.7 Å². The topological polar surface area (TPSA) is 79.2 Å². The van der Waals surface area contributed by atoms with Crippen molar-refractivity contribution in [2.45, 2.75) is 26.3 Å². The van der Waals surface area contributed by atoms with Crippen molar-refractivity contribution in [1.29, 1.82) is 5.26 Å². The first kappa shape index (κ1) is 16.9. The zero-order valence-electron chi connectivity index (χ0n) is 12.6. The molecule has 0 aromatic heterocycles. The van der Waals surface area contributed by atoms with Crippen LogP contribution in [0, 0.1) is 17.2 Å². The van der Waals surface area contributed by atoms with E-state index in [1.165, 1.54) is 7.11 Å². The average molecular weight is 288 g/mol. The van der Waals surface area contributed by atoms with Gasteiger partial charge in [-0.05, 0) is 18.9 Å². The van der Waals surface area contributed by atoms with Gasteiger partial charge in [0.25, 0.3) is 0 Å². The second-order valence-corrected chi connectivity index (χ2v) is 4.84. The molecule has 5 heteroatoms. The monoisotopic (exact) mass is 288 g/mol. The number of ketones is 1. The van der Waals surface area contributed by atoms with Crippen LogP contribution in [-0.4, -0.2) is 31.4 Å². The molecule has 2 atom stereocenters. The van der Waals surface area contributed by atoms with E-state index in [1.807, 2.05) is 19.1 Å². The summed E-state index contributed by atoms with van der Waals surface area (Å²) in [6, 6.07) is 8.47. The fourth-order valence-electron chi connectivity index (χ4n) is 1.93. The van der Waals surface area contributed by atoms with Crippen LogP contribution in [0.1, 0.15) is 29.8 Å². The van der Waals surface area contributed by atoms with Gasteiger partial charge in [-0.1, -0.05) is 31.2 Å². The van der Waals surface area contributed by atoms with Gasteiger partial charge >= 0.3 is 0 Å². The second-order valence-electron chi connectivity index (χ2n) is 4.84. The summed E-state index contributed by atoms with van der Waals surface area (Å²) < 4.78 is 4.91. The van der Waals surface area contributed by atoms with E-state index in [1.54, 1.807) is 25.1 Å². The molecule has 1 rings (SSSR count). The number of carbonyl (C=O) groups is 2. The summed E-state index contributed by atoms with van der Waals surface area (Å²) in [5, 5.41) is 11.7. The number of amides is 1. The summed E-state index contributed by atoms with van der Waals surface area (Å²) in [5.74, 6) is -2.41. The molecular formula is C16H20N2O3. The van der Waals surface area contributed by atoms with Gasteiger partial charge in [-0.3, -0.25) is 9.59 Å². The minimum atomic E-state index is -1.34. The molecule has 2 unspecified atom stereocenters. The maximum atomic E-state index is 12.2. The first-order valence-corrected chi connectivity index (χ1v) is 6.85. The van der Waals surface area contributed by atoms with Crippen LogP contribution in [0.2, 0.25) is 0 Å². The molecule has 1 aromatic carbocycles. The largest absolute Gasteiger partial charge is 0.383 e. The van der Waals surface area contributed by atoms with Gasteiger partial charge in [0.05, 0.1) is 12.7 Å². The molecule has 0 radical (unpaired) electrons. The standard InChI is InChI=1S/C16H20N2O3/c1-4-12-5-7-13(8-6-12)15(19)14(9-17)16(20)18-11(2)10-21-3/h5-8,11,14H,4,10H2,1-3H3,(H,18,20). The van der Waals surface area contributed by atoms with Crippen LogP contribution in [-0.2, 0) is 16.0 Å². The minimum Gasteiger partial charge on any atom is -0.383 e. The molecule has 21 heavy (non-hydrogen) atoms. The lowest BCUT2D eigenvalue weighted by atomic mass is 9.96. The van der Waals surface area contributed by atoms with Crippen LogP contribution in [0.15, 0.2) is 24.3 Å². The summed E-state index contributed by atoms with van der Waals surface area (Å²) in [6.07, 6.45) is 0.866. The summed E-state index contributed by atoms with van der Waals surface area (Å²) in [5.41, 5.74) is 1.46. The molecule has 0 spiro atoms. The van der Waals surface area contributed by atoms with Gasteiger partial charge in [-0.15, -0.1) is 0 Å². The van der Waals surface area contributed by atoms with Gasteiger partial charge in [0.2, 0.25) is 5.91 Å². The third kappa shape index (κ3) is 4.69. The molecule has 0 aliphatic heterocycles. The van der Waals surface area contributed by atoms with Gasteiger partial charge in [0.15, 0.2) is 11.7 Å². The van der Waals surface area contributed by atoms with E-state index in [9.17, 15) is 9.59 Å². The number of nitriles is 1. The first-order chi connectivity index (χ1) is 10.0. The Morgan fingerprint density at radius 3 is 2.43 bits per heavy atom. The summed E-state index contributed by atoms with van der Waals surface area (Å²) in [4.78, 5) is 24.2. The van der Waals surface area contributed by atoms with Crippen LogP contribution >= 0.6 is 0 Å². The van der Waals surface area contributed by atoms with Crippen LogP contribution in [0.4, 0.5) is 0 Å². The average Bonchev–Trinajstić information content (AvgIpc) is 2.48. The van der Waals surface area contributed by atoms with Crippen molar-refractivity contribution in [2.75, 3.05) is 13.7 Å². The van der Waals surface area contributed by atoms with E-state index in [2.05, 4.69) is 5.32 Å². The van der Waals surface area contributed by atoms with Crippen molar-refractivity contribution in [2.24, 2.45) is 5.92 Å². The van der Waals surface area contributed by atoms with Crippen molar-refractivity contribution in [3.63, 3.8) is 0 Å². The molecule has 1 aromatic rings. The third-order valence-corrected chi connectivity index (χ3v) is 3.11. The number of rotatable bonds is 7. The lowest BCUT2D eigenvalue weighted by Crippen LogP contribution is -2.41. The number of benzene rings is 1. The molecule has 0 heterocycles. The Balaban J connectivity index is 2.81. The molecule has 0 aliphatic rings. The predicted molar refractivity (Wildman–Crippen MR) is 78.7 cm³/mol. The molecule has 0 saturated heterocycles. The van der Waals surface area contributed by atoms with Crippen LogP contribution in [0.5, 0.6) is 0 Å². The van der Waals surface area contributed by atoms with Gasteiger partial charge in [-0.25, -0.2) is 0 Å². The van der Waals surface area contributed by atoms with Crippen LogP contribution < -0.4 is 5.32 Å². The normalized spacial score (nSPS) is 13.0. The maximum absolute atomic E-state index is 12.2. The number of hydrogen-bond donors (Lipinski definition) is 1. The second kappa shape index (κ2) is 8.18. The highest BCUT2D eigenvalue weighted by molar-refractivity contribution is 6.12. The number of ether oxygens (including phenoxy) is 1. The van der Waals surface area contributed by atoms with Gasteiger partial charge in [0.1, 0.15) is 0 Å². The number of nitrogens with zero attached hydrogens (tertiary/aromatic N) is 1. The number of nitrogens with one attached hydrogen (secondary N) is 1. The molecule has 5 nitrogen and oxygen atoms in total. The van der Waals surface area contributed by atoms with Crippen molar-refractivity contribution in [3.05, 3.63) is 35.4 Å². The molecule has 0 bridgehead atoms. The minimum absolute atomic E-state index is 0.256. The third-order valence-electron chi connectivity index (χ3n) is 3.11. The maximum Gasteiger partial charge on any atom is 0.245 e. The van der Waals surface area contributed by atoms with E-state index >= 15 is 0 Å². The Bertz CT molecular complexity index is 531. The van der Waals surface area contributed by atoms with Gasteiger partial charge < -0.3 is 10.1 Å². The van der Waals surface area contributed by atoms with E-state index in [4.69, 9.17) is 10.00 Å². The summed E-state index contributed by atoms with van der Waals surface area (Å²) in [6.45, 7) is 4.08. The van der Waals surface area contributed by atoms with E-state index < -0.39 is 17.6 Å². The van der Waals surface area contributed by atoms with Crippen molar-refractivity contribution < 1.29 is 14.3 Å². The molecule has 0 fully saturated rings. The van der Waals surface area contributed by atoms with E-state index in [-0.39, 0.29) is 6.04 Å². The number of hydrogen-bond acceptors (Lipinski definition) is 4. The number of aryl methyl sites for hydroxylation is 1. The van der Waals surface area contributed by atoms with Gasteiger partial charge in [0, 0.05) is 18.7 Å². The van der Waals surface area contributed by atoms with Crippen molar-refractivity contribution in [3.8, 4) is 6.07 Å². The fourth-order valence-corrected chi connectivity index (χ4v) is 1.93. The smallest absolute Gasteiger partial charge is 0.245 e. The molecule has 1 N–H and O–H groups in total. The SMILES string of the molecule is CCc1ccc(C(=O)C(C#N)C(=O)NC(C)COC)cc1. The quantitative estimate of drug-likeness (QED) is 0.612. The molecular weight excluding hydrogens is 268 g/mol. The summed E-state index contributed by atoms with van der Waals surface area (Å²) in [7, 11) is 1.52. The molecule has 0 saturated carbocycles. The number of methoxy groups -OCH3 is 1. The predicted octanol–water partition coefficient (Wildman–Crippen LogP) is 1.72. The van der Waals surface area contributed by atoms with E-state index in [0.29, 0.717) is 12.2 Å². The van der Waals surface area contributed by atoms with Crippen molar-refractivity contribution in [1.82, 2.24) is 5.32 Å². The molecule has 0 aliphatic carbocycles. The number of carbonyl (C=O) groups excluding carboxylic acids is 2. The Labute approximate surface area is 124 Å². The van der Waals surface area contributed by atoms with Crippen LogP contribution in [0.3, 0.4) is 0 Å². The highest BCUT2D eigenvalue weighted by atomic mass is 16.5. The zero-order chi connectivity index (χ0) is 15.8. The Hall–Kier alpha value is -2.19. The lowest BCUT2D eigenvalue weighted by molar-refractivity contribution is -0.123. The van der Waals surface area contributed by atoms with E-state index in [0.717, 1.165) is 12.0 Å². The highest BCUT2D eigenvalue weighted by Gasteiger charge is 2.28. The Kier molecular flexibility index (Phi) is 6.57. The molecule has 1 amide bonds.